The van der Waals surface area contributed by atoms with Crippen LogP contribution in [0.4, 0.5) is 14.9 Å². The second-order valence-electron chi connectivity index (χ2n) is 12.1. The van der Waals surface area contributed by atoms with Crippen LogP contribution in [0.1, 0.15) is 58.1 Å². The number of rotatable bonds is 5. The Morgan fingerprint density at radius 2 is 1.80 bits per heavy atom. The summed E-state index contributed by atoms with van der Waals surface area (Å²) in [5.41, 5.74) is -0.278. The van der Waals surface area contributed by atoms with Crippen LogP contribution in [-0.2, 0) is 11.3 Å². The van der Waals surface area contributed by atoms with Gasteiger partial charge in [0.25, 0.3) is 5.56 Å². The van der Waals surface area contributed by atoms with E-state index in [-0.39, 0.29) is 36.1 Å². The van der Waals surface area contributed by atoms with Gasteiger partial charge in [-0.3, -0.25) is 9.36 Å². The molecule has 10 heteroatoms. The van der Waals surface area contributed by atoms with Crippen LogP contribution in [0.15, 0.2) is 52.1 Å². The Labute approximate surface area is 231 Å². The van der Waals surface area contributed by atoms with Gasteiger partial charge in [-0.15, -0.1) is 0 Å². The lowest BCUT2D eigenvalue weighted by atomic mass is 9.92. The maximum Gasteiger partial charge on any atom is 0.410 e. The van der Waals surface area contributed by atoms with Crippen molar-refractivity contribution in [1.82, 2.24) is 14.2 Å². The van der Waals surface area contributed by atoms with Gasteiger partial charge in [-0.05, 0) is 70.1 Å². The van der Waals surface area contributed by atoms with Gasteiger partial charge in [-0.2, -0.15) is 0 Å². The molecule has 1 saturated carbocycles. The molecule has 0 N–H and O–H groups in total. The van der Waals surface area contributed by atoms with Gasteiger partial charge in [0.1, 0.15) is 18.0 Å². The molecule has 2 atom stereocenters. The minimum atomic E-state index is -0.676. The van der Waals surface area contributed by atoms with Crippen molar-refractivity contribution in [3.63, 3.8) is 0 Å². The van der Waals surface area contributed by atoms with E-state index in [2.05, 4.69) is 0 Å². The number of hydrogen-bond acceptors (Lipinski definition) is 6. The lowest BCUT2D eigenvalue weighted by Crippen LogP contribution is -2.50. The summed E-state index contributed by atoms with van der Waals surface area (Å²) in [7, 11) is 0. The number of fused-ring (bicyclic) bond motifs is 2. The molecule has 2 saturated heterocycles. The lowest BCUT2D eigenvalue weighted by Gasteiger charge is -2.37. The summed E-state index contributed by atoms with van der Waals surface area (Å²) in [6, 6.07) is 11.9. The molecule has 1 aromatic heterocycles. The number of carbonyl (C=O) groups is 1. The highest BCUT2D eigenvalue weighted by molar-refractivity contribution is 5.83. The molecular formula is C30H35FN4O5. The van der Waals surface area contributed by atoms with Gasteiger partial charge in [0.15, 0.2) is 0 Å². The van der Waals surface area contributed by atoms with E-state index in [1.54, 1.807) is 15.5 Å². The van der Waals surface area contributed by atoms with Crippen LogP contribution in [-0.4, -0.2) is 51.6 Å². The number of piperidine rings is 1. The molecule has 9 nitrogen and oxygen atoms in total. The van der Waals surface area contributed by atoms with Crippen LogP contribution < -0.4 is 21.0 Å². The summed E-state index contributed by atoms with van der Waals surface area (Å²) in [5.74, 6) is -0.357. The summed E-state index contributed by atoms with van der Waals surface area (Å²) in [4.78, 5) is 49.2. The monoisotopic (exact) mass is 550 g/mol. The van der Waals surface area contributed by atoms with Crippen LogP contribution in [0.25, 0.3) is 10.9 Å². The Morgan fingerprint density at radius 3 is 2.50 bits per heavy atom. The Balaban J connectivity index is 1.34. The molecule has 6 rings (SSSR count). The third-order valence-corrected chi connectivity index (χ3v) is 7.98. The second kappa shape index (κ2) is 9.98. The molecule has 1 aliphatic carbocycles. The number of carbonyl (C=O) groups excluding carboxylic acids is 1. The van der Waals surface area contributed by atoms with Crippen molar-refractivity contribution >= 4 is 22.7 Å². The zero-order chi connectivity index (χ0) is 28.2. The maximum absolute atomic E-state index is 15.7. The Kier molecular flexibility index (Phi) is 6.59. The maximum atomic E-state index is 15.7. The number of anilines is 1. The van der Waals surface area contributed by atoms with E-state index in [9.17, 15) is 14.4 Å². The molecule has 3 fully saturated rings. The summed E-state index contributed by atoms with van der Waals surface area (Å²) in [6.45, 7) is 7.22. The number of likely N-dealkylation sites (tertiary alicyclic amines) is 1. The molecule has 2 aliphatic heterocycles. The smallest absolute Gasteiger partial charge is 0.410 e. The predicted octanol–water partition coefficient (Wildman–Crippen LogP) is 4.10. The fraction of sp³-hybridized carbons (Fsp3) is 0.500. The van der Waals surface area contributed by atoms with Crippen molar-refractivity contribution in [3.05, 3.63) is 74.7 Å². The van der Waals surface area contributed by atoms with Gasteiger partial charge < -0.3 is 19.4 Å². The Hall–Kier alpha value is -3.82. The zero-order valence-electron chi connectivity index (χ0n) is 23.1. The predicted molar refractivity (Wildman–Crippen MR) is 149 cm³/mol. The molecule has 3 aliphatic rings. The zero-order valence-corrected chi connectivity index (χ0v) is 23.1. The van der Waals surface area contributed by atoms with Crippen molar-refractivity contribution in [2.24, 2.45) is 5.92 Å². The SMILES string of the molecule is CC(C)(C)OC(=O)N1CCC[C@@H]2CN(c3cc4c(cc3F)c(=O)n(OCc3ccccc3)c(=O)n4C3CC3)CC21. The number of nitrogens with zero attached hydrogens (tertiary/aromatic N) is 4. The molecule has 0 radical (unpaired) electrons. The molecular weight excluding hydrogens is 515 g/mol. The van der Waals surface area contributed by atoms with Crippen molar-refractivity contribution in [3.8, 4) is 0 Å². The van der Waals surface area contributed by atoms with E-state index in [0.29, 0.717) is 30.8 Å². The van der Waals surface area contributed by atoms with Gasteiger partial charge in [0.05, 0.1) is 22.6 Å². The van der Waals surface area contributed by atoms with Crippen molar-refractivity contribution < 1.29 is 18.8 Å². The minimum Gasteiger partial charge on any atom is -0.444 e. The first kappa shape index (κ1) is 26.4. The Bertz CT molecular complexity index is 1560. The molecule has 0 bridgehead atoms. The molecule has 212 valence electrons. The highest BCUT2D eigenvalue weighted by Gasteiger charge is 2.43. The van der Waals surface area contributed by atoms with Crippen LogP contribution in [0.3, 0.4) is 0 Å². The number of ether oxygens (including phenoxy) is 1. The number of halogens is 1. The van der Waals surface area contributed by atoms with Gasteiger partial charge in [-0.25, -0.2) is 14.0 Å². The van der Waals surface area contributed by atoms with Gasteiger partial charge in [0.2, 0.25) is 0 Å². The number of benzene rings is 2. The average Bonchev–Trinajstić information content (AvgIpc) is 3.65. The first-order valence-corrected chi connectivity index (χ1v) is 14.0. The van der Waals surface area contributed by atoms with E-state index >= 15 is 4.39 Å². The summed E-state index contributed by atoms with van der Waals surface area (Å²) >= 11 is 0. The Morgan fingerprint density at radius 1 is 1.05 bits per heavy atom. The van der Waals surface area contributed by atoms with Gasteiger partial charge in [-0.1, -0.05) is 35.1 Å². The average molecular weight is 551 g/mol. The van der Waals surface area contributed by atoms with Gasteiger partial charge >= 0.3 is 11.8 Å². The summed E-state index contributed by atoms with van der Waals surface area (Å²) in [6.07, 6.45) is 3.06. The molecule has 3 heterocycles. The molecule has 3 aromatic rings. The van der Waals surface area contributed by atoms with Crippen LogP contribution in [0.5, 0.6) is 0 Å². The number of aromatic nitrogens is 2. The first-order valence-electron chi connectivity index (χ1n) is 14.0. The van der Waals surface area contributed by atoms with Crippen LogP contribution in [0, 0.1) is 11.7 Å². The summed E-state index contributed by atoms with van der Waals surface area (Å²) in [5, 5.41) is 0.104. The molecule has 0 spiro atoms. The molecule has 1 unspecified atom stereocenters. The normalized spacial score (nSPS) is 21.0. The quantitative estimate of drug-likeness (QED) is 0.476. The van der Waals surface area contributed by atoms with E-state index in [1.807, 2.05) is 56.0 Å². The van der Waals surface area contributed by atoms with Crippen molar-refractivity contribution in [2.75, 3.05) is 24.5 Å². The standard InChI is InChI=1S/C30H35FN4O5/c1-30(2,3)40-29(38)33-13-7-10-20-16-32(17-26(20)33)25-15-24-22(14-23(25)31)27(36)35(28(37)34(24)21-11-12-21)39-18-19-8-5-4-6-9-19/h4-6,8-9,14-15,20-21,26H,7,10-13,16-18H2,1-3H3/t20-,26?/m1/s1. The topological polar surface area (TPSA) is 86.0 Å². The van der Waals surface area contributed by atoms with E-state index in [1.165, 1.54) is 6.07 Å². The molecule has 1 amide bonds. The van der Waals surface area contributed by atoms with Crippen LogP contribution in [0.2, 0.25) is 0 Å². The van der Waals surface area contributed by atoms with Crippen molar-refractivity contribution in [2.45, 2.75) is 70.7 Å². The first-order chi connectivity index (χ1) is 19.1. The molecule has 2 aromatic carbocycles. The highest BCUT2D eigenvalue weighted by Crippen LogP contribution is 2.39. The number of amides is 1. The fourth-order valence-electron chi connectivity index (χ4n) is 6.00. The van der Waals surface area contributed by atoms with Gasteiger partial charge in [0, 0.05) is 25.7 Å². The highest BCUT2D eigenvalue weighted by atomic mass is 19.1. The third-order valence-electron chi connectivity index (χ3n) is 7.98. The lowest BCUT2D eigenvalue weighted by molar-refractivity contribution is 0.00669. The minimum absolute atomic E-state index is 0.0391. The van der Waals surface area contributed by atoms with E-state index < -0.39 is 22.7 Å². The fourth-order valence-corrected chi connectivity index (χ4v) is 6.00. The number of hydrogen-bond donors (Lipinski definition) is 0. The second-order valence-corrected chi connectivity index (χ2v) is 12.1. The van der Waals surface area contributed by atoms with Crippen LogP contribution >= 0.6 is 0 Å². The third kappa shape index (κ3) is 4.95. The van der Waals surface area contributed by atoms with E-state index in [0.717, 1.165) is 36.0 Å². The summed E-state index contributed by atoms with van der Waals surface area (Å²) < 4.78 is 23.7. The van der Waals surface area contributed by atoms with Crippen molar-refractivity contribution in [1.29, 1.82) is 0 Å². The molecule has 40 heavy (non-hydrogen) atoms. The van der Waals surface area contributed by atoms with E-state index in [4.69, 9.17) is 9.57 Å². The largest absolute Gasteiger partial charge is 0.444 e.